The Bertz CT molecular complexity index is 520. The second-order valence-corrected chi connectivity index (χ2v) is 14.3. The van der Waals surface area contributed by atoms with Crippen molar-refractivity contribution < 1.29 is 38.3 Å². The van der Waals surface area contributed by atoms with Crippen LogP contribution in [0.4, 0.5) is 0 Å². The summed E-state index contributed by atoms with van der Waals surface area (Å²) in [6.45, 7) is 14.0. The first-order valence-electron chi connectivity index (χ1n) is 9.31. The van der Waals surface area contributed by atoms with Crippen LogP contribution in [0.1, 0.15) is 34.6 Å². The van der Waals surface area contributed by atoms with Crippen LogP contribution < -0.4 is 0 Å². The summed E-state index contributed by atoms with van der Waals surface area (Å²) in [6.07, 6.45) is -2.13. The van der Waals surface area contributed by atoms with Gasteiger partial charge in [-0.15, -0.1) is 0 Å². The molecule has 2 rings (SSSR count). The lowest BCUT2D eigenvalue weighted by Crippen LogP contribution is -2.57. The molecular formula is C18H36O8Si. The zero-order chi connectivity index (χ0) is 20.7. The Labute approximate surface area is 163 Å². The monoisotopic (exact) mass is 408 g/mol. The minimum Gasteiger partial charge on any atom is -0.414 e. The summed E-state index contributed by atoms with van der Waals surface area (Å²) in [4.78, 5) is 0. The number of aliphatic hydroxyl groups is 2. The van der Waals surface area contributed by atoms with Crippen molar-refractivity contribution >= 4 is 8.32 Å². The van der Waals surface area contributed by atoms with Crippen LogP contribution in [0.25, 0.3) is 0 Å². The summed E-state index contributed by atoms with van der Waals surface area (Å²) in [6, 6.07) is 0. The topological polar surface area (TPSA) is 95.8 Å². The van der Waals surface area contributed by atoms with Gasteiger partial charge in [0.2, 0.25) is 0 Å². The van der Waals surface area contributed by atoms with Crippen molar-refractivity contribution in [2.45, 2.75) is 82.1 Å². The molecule has 2 aliphatic rings. The zero-order valence-corrected chi connectivity index (χ0v) is 18.8. The average molecular weight is 409 g/mol. The predicted molar refractivity (Wildman–Crippen MR) is 101 cm³/mol. The van der Waals surface area contributed by atoms with Crippen LogP contribution in [0, 0.1) is 0 Å². The van der Waals surface area contributed by atoms with Gasteiger partial charge in [0.15, 0.2) is 26.0 Å². The standard InChI is InChI=1S/C18H36O8Si/c1-15(2,3)27(7,8)23-11-17(10-22-12-21-6)13-18(9-19,14(20)25-17)26-16(4,5)24-13/h13-14,19-20H,9-12H2,1-8H3/t13-,14?,17+,18-/m1/s1. The first-order chi connectivity index (χ1) is 12.3. The third kappa shape index (κ3) is 4.26. The Balaban J connectivity index is 2.33. The predicted octanol–water partition coefficient (Wildman–Crippen LogP) is 1.60. The highest BCUT2D eigenvalue weighted by molar-refractivity contribution is 6.74. The van der Waals surface area contributed by atoms with E-state index >= 15 is 0 Å². The molecule has 2 heterocycles. The Morgan fingerprint density at radius 2 is 1.74 bits per heavy atom. The van der Waals surface area contributed by atoms with E-state index in [0.717, 1.165) is 0 Å². The van der Waals surface area contributed by atoms with Crippen molar-refractivity contribution in [1.29, 1.82) is 0 Å². The van der Waals surface area contributed by atoms with Gasteiger partial charge in [0.1, 0.15) is 18.5 Å². The number of methoxy groups -OCH3 is 1. The quantitative estimate of drug-likeness (QED) is 0.355. The molecule has 0 bridgehead atoms. The molecule has 0 spiro atoms. The maximum absolute atomic E-state index is 10.6. The number of ether oxygens (including phenoxy) is 5. The van der Waals surface area contributed by atoms with Gasteiger partial charge >= 0.3 is 0 Å². The van der Waals surface area contributed by atoms with Crippen LogP contribution in [0.3, 0.4) is 0 Å². The molecule has 160 valence electrons. The van der Waals surface area contributed by atoms with Crippen molar-refractivity contribution in [3.63, 3.8) is 0 Å². The van der Waals surface area contributed by atoms with Gasteiger partial charge in [-0.3, -0.25) is 0 Å². The maximum Gasteiger partial charge on any atom is 0.192 e. The van der Waals surface area contributed by atoms with Gasteiger partial charge in [-0.2, -0.15) is 0 Å². The van der Waals surface area contributed by atoms with Crippen molar-refractivity contribution in [3.8, 4) is 0 Å². The highest BCUT2D eigenvalue weighted by Gasteiger charge is 2.72. The molecule has 0 aliphatic carbocycles. The largest absolute Gasteiger partial charge is 0.414 e. The fourth-order valence-electron chi connectivity index (χ4n) is 3.31. The lowest BCUT2D eigenvalue weighted by Gasteiger charge is -2.41. The van der Waals surface area contributed by atoms with Gasteiger partial charge in [-0.05, 0) is 32.0 Å². The molecule has 8 nitrogen and oxygen atoms in total. The van der Waals surface area contributed by atoms with Gasteiger partial charge in [-0.1, -0.05) is 20.8 Å². The molecule has 1 unspecified atom stereocenters. The van der Waals surface area contributed by atoms with Crippen molar-refractivity contribution in [2.75, 3.05) is 33.7 Å². The summed E-state index contributed by atoms with van der Waals surface area (Å²) in [5.41, 5.74) is -2.53. The molecular weight excluding hydrogens is 372 g/mol. The van der Waals surface area contributed by atoms with E-state index in [0.29, 0.717) is 0 Å². The molecule has 0 aromatic heterocycles. The third-order valence-electron chi connectivity index (χ3n) is 5.80. The van der Waals surface area contributed by atoms with E-state index in [1.165, 1.54) is 7.11 Å². The number of fused-ring (bicyclic) bond motifs is 1. The summed E-state index contributed by atoms with van der Waals surface area (Å²) < 4.78 is 34.9. The van der Waals surface area contributed by atoms with Crippen LogP contribution >= 0.6 is 0 Å². The fourth-order valence-corrected chi connectivity index (χ4v) is 4.34. The van der Waals surface area contributed by atoms with E-state index < -0.39 is 44.3 Å². The number of hydrogen-bond acceptors (Lipinski definition) is 8. The van der Waals surface area contributed by atoms with Gasteiger partial charge in [0.25, 0.3) is 0 Å². The molecule has 2 N–H and O–H groups in total. The van der Waals surface area contributed by atoms with Gasteiger partial charge in [-0.25, -0.2) is 0 Å². The highest BCUT2D eigenvalue weighted by Crippen LogP contribution is 2.51. The number of hydrogen-bond donors (Lipinski definition) is 2. The molecule has 0 aromatic rings. The van der Waals surface area contributed by atoms with Gasteiger partial charge < -0.3 is 38.3 Å². The Hall–Kier alpha value is -0.103. The van der Waals surface area contributed by atoms with Gasteiger partial charge in [0, 0.05) is 7.11 Å². The average Bonchev–Trinajstić information content (AvgIpc) is 2.94. The molecule has 2 aliphatic heterocycles. The van der Waals surface area contributed by atoms with Crippen LogP contribution in [0.2, 0.25) is 18.1 Å². The molecule has 2 saturated heterocycles. The van der Waals surface area contributed by atoms with Crippen molar-refractivity contribution in [1.82, 2.24) is 0 Å². The summed E-state index contributed by atoms with van der Waals surface area (Å²) in [7, 11) is -0.583. The third-order valence-corrected chi connectivity index (χ3v) is 10.3. The van der Waals surface area contributed by atoms with E-state index in [1.807, 2.05) is 0 Å². The summed E-state index contributed by atoms with van der Waals surface area (Å²) in [5.74, 6) is -0.984. The van der Waals surface area contributed by atoms with E-state index in [4.69, 9.17) is 28.1 Å². The van der Waals surface area contributed by atoms with Crippen molar-refractivity contribution in [2.24, 2.45) is 0 Å². The number of rotatable bonds is 8. The molecule has 0 amide bonds. The molecule has 0 radical (unpaired) electrons. The maximum atomic E-state index is 10.6. The SMILES string of the molecule is COCOC[C@@]1(CO[Si](C)(C)C(C)(C)C)OC(O)[C@]2(CO)OC(C)(C)O[C@H]12. The normalized spacial score (nSPS) is 36.2. The van der Waals surface area contributed by atoms with Crippen LogP contribution in [-0.2, 0) is 28.1 Å². The Morgan fingerprint density at radius 1 is 1.11 bits per heavy atom. The fraction of sp³-hybridized carbons (Fsp3) is 1.00. The van der Waals surface area contributed by atoms with E-state index in [2.05, 4.69) is 33.9 Å². The zero-order valence-electron chi connectivity index (χ0n) is 17.8. The Morgan fingerprint density at radius 3 is 2.26 bits per heavy atom. The Kier molecular flexibility index (Phi) is 6.54. The number of aliphatic hydroxyl groups excluding tert-OH is 2. The minimum atomic E-state index is -2.11. The van der Waals surface area contributed by atoms with Gasteiger partial charge in [0.05, 0.1) is 19.8 Å². The molecule has 0 aromatic carbocycles. The summed E-state index contributed by atoms with van der Waals surface area (Å²) >= 11 is 0. The lowest BCUT2D eigenvalue weighted by molar-refractivity contribution is -0.279. The van der Waals surface area contributed by atoms with E-state index in [-0.39, 0.29) is 25.0 Å². The first-order valence-corrected chi connectivity index (χ1v) is 12.2. The van der Waals surface area contributed by atoms with E-state index in [9.17, 15) is 10.2 Å². The van der Waals surface area contributed by atoms with E-state index in [1.54, 1.807) is 13.8 Å². The second-order valence-electron chi connectivity index (χ2n) is 9.45. The van der Waals surface area contributed by atoms with Crippen molar-refractivity contribution in [3.05, 3.63) is 0 Å². The first kappa shape index (κ1) is 23.2. The highest BCUT2D eigenvalue weighted by atomic mass is 28.4. The smallest absolute Gasteiger partial charge is 0.192 e. The molecule has 4 atom stereocenters. The lowest BCUT2D eigenvalue weighted by atomic mass is 9.88. The molecule has 9 heteroatoms. The van der Waals surface area contributed by atoms with Crippen LogP contribution in [-0.4, -0.2) is 81.6 Å². The minimum absolute atomic E-state index is 0.000825. The van der Waals surface area contributed by atoms with Crippen LogP contribution in [0.15, 0.2) is 0 Å². The molecule has 27 heavy (non-hydrogen) atoms. The molecule has 0 saturated carbocycles. The van der Waals surface area contributed by atoms with Crippen LogP contribution in [0.5, 0.6) is 0 Å². The summed E-state index contributed by atoms with van der Waals surface area (Å²) in [5, 5.41) is 20.7. The second kappa shape index (κ2) is 7.62. The molecule has 2 fully saturated rings.